The molecule has 1 saturated heterocycles. The van der Waals surface area contributed by atoms with Gasteiger partial charge < -0.3 is 10.6 Å². The number of amides is 1. The summed E-state index contributed by atoms with van der Waals surface area (Å²) < 4.78 is 0. The van der Waals surface area contributed by atoms with Crippen LogP contribution >= 0.6 is 0 Å². The first kappa shape index (κ1) is 11.9. The van der Waals surface area contributed by atoms with Gasteiger partial charge >= 0.3 is 0 Å². The SMILES string of the molecule is CC1CCCNC1C(=O)NCC1(C)CCC1. The third kappa shape index (κ3) is 2.57. The molecule has 0 aromatic rings. The molecule has 0 radical (unpaired) electrons. The minimum Gasteiger partial charge on any atom is -0.354 e. The fourth-order valence-corrected chi connectivity index (χ4v) is 2.77. The quantitative estimate of drug-likeness (QED) is 0.766. The molecule has 1 aliphatic carbocycles. The van der Waals surface area contributed by atoms with Crippen LogP contribution in [0.2, 0.25) is 0 Å². The Kier molecular flexibility index (Phi) is 3.53. The van der Waals surface area contributed by atoms with E-state index in [1.807, 2.05) is 0 Å². The summed E-state index contributed by atoms with van der Waals surface area (Å²) in [5, 5.41) is 6.45. The van der Waals surface area contributed by atoms with E-state index >= 15 is 0 Å². The van der Waals surface area contributed by atoms with Crippen LogP contribution in [-0.4, -0.2) is 25.0 Å². The Hall–Kier alpha value is -0.570. The van der Waals surface area contributed by atoms with Crippen molar-refractivity contribution in [2.45, 2.75) is 52.0 Å². The molecule has 1 heterocycles. The molecule has 3 heteroatoms. The van der Waals surface area contributed by atoms with Gasteiger partial charge in [-0.25, -0.2) is 0 Å². The van der Waals surface area contributed by atoms with Crippen molar-refractivity contribution in [3.8, 4) is 0 Å². The van der Waals surface area contributed by atoms with Crippen molar-refractivity contribution in [1.82, 2.24) is 10.6 Å². The van der Waals surface area contributed by atoms with Crippen LogP contribution < -0.4 is 10.6 Å². The smallest absolute Gasteiger partial charge is 0.237 e. The van der Waals surface area contributed by atoms with Gasteiger partial charge in [-0.15, -0.1) is 0 Å². The number of carbonyl (C=O) groups excluding carboxylic acids is 1. The van der Waals surface area contributed by atoms with E-state index < -0.39 is 0 Å². The Bertz CT molecular complexity index is 261. The second kappa shape index (κ2) is 4.74. The molecule has 1 aliphatic heterocycles. The Morgan fingerprint density at radius 2 is 2.19 bits per heavy atom. The minimum absolute atomic E-state index is 0.0393. The van der Waals surface area contributed by atoms with E-state index in [2.05, 4.69) is 24.5 Å². The van der Waals surface area contributed by atoms with Gasteiger partial charge in [0, 0.05) is 6.54 Å². The molecule has 0 aromatic carbocycles. The summed E-state index contributed by atoms with van der Waals surface area (Å²) in [7, 11) is 0. The molecule has 1 amide bonds. The largest absolute Gasteiger partial charge is 0.354 e. The monoisotopic (exact) mass is 224 g/mol. The van der Waals surface area contributed by atoms with Crippen LogP contribution in [0.3, 0.4) is 0 Å². The number of rotatable bonds is 3. The van der Waals surface area contributed by atoms with Gasteiger partial charge in [-0.3, -0.25) is 4.79 Å². The first-order chi connectivity index (χ1) is 7.61. The molecule has 2 atom stereocenters. The predicted octanol–water partition coefficient (Wildman–Crippen LogP) is 1.68. The third-order valence-electron chi connectivity index (χ3n) is 4.30. The van der Waals surface area contributed by atoms with Crippen LogP contribution in [0.5, 0.6) is 0 Å². The third-order valence-corrected chi connectivity index (χ3v) is 4.30. The second-order valence-corrected chi connectivity index (χ2v) is 5.93. The lowest BCUT2D eigenvalue weighted by atomic mass is 9.70. The van der Waals surface area contributed by atoms with Gasteiger partial charge in [-0.05, 0) is 43.6 Å². The van der Waals surface area contributed by atoms with Crippen LogP contribution in [0.25, 0.3) is 0 Å². The maximum absolute atomic E-state index is 12.0. The topological polar surface area (TPSA) is 41.1 Å². The first-order valence-electron chi connectivity index (χ1n) is 6.62. The summed E-state index contributed by atoms with van der Waals surface area (Å²) in [6.45, 7) is 6.28. The van der Waals surface area contributed by atoms with Crippen LogP contribution in [0, 0.1) is 11.3 Å². The summed E-state index contributed by atoms with van der Waals surface area (Å²) >= 11 is 0. The van der Waals surface area contributed by atoms with Gasteiger partial charge in [0.05, 0.1) is 6.04 Å². The lowest BCUT2D eigenvalue weighted by Crippen LogP contribution is -2.53. The van der Waals surface area contributed by atoms with Crippen molar-refractivity contribution in [2.75, 3.05) is 13.1 Å². The summed E-state index contributed by atoms with van der Waals surface area (Å²) in [4.78, 5) is 12.0. The van der Waals surface area contributed by atoms with Gasteiger partial charge in [-0.2, -0.15) is 0 Å². The lowest BCUT2D eigenvalue weighted by Gasteiger charge is -2.39. The van der Waals surface area contributed by atoms with Gasteiger partial charge in [-0.1, -0.05) is 20.3 Å². The Morgan fingerprint density at radius 1 is 1.44 bits per heavy atom. The zero-order valence-electron chi connectivity index (χ0n) is 10.5. The zero-order chi connectivity index (χ0) is 11.6. The van der Waals surface area contributed by atoms with Crippen molar-refractivity contribution < 1.29 is 4.79 Å². The highest BCUT2D eigenvalue weighted by Gasteiger charge is 2.33. The fourth-order valence-electron chi connectivity index (χ4n) is 2.77. The molecule has 1 saturated carbocycles. The maximum atomic E-state index is 12.0. The van der Waals surface area contributed by atoms with E-state index in [9.17, 15) is 4.79 Å². The van der Waals surface area contributed by atoms with Crippen molar-refractivity contribution in [3.63, 3.8) is 0 Å². The molecule has 0 spiro atoms. The molecule has 0 aromatic heterocycles. The van der Waals surface area contributed by atoms with Crippen molar-refractivity contribution in [1.29, 1.82) is 0 Å². The lowest BCUT2D eigenvalue weighted by molar-refractivity contribution is -0.125. The normalized spacial score (nSPS) is 32.9. The van der Waals surface area contributed by atoms with Crippen LogP contribution in [0.15, 0.2) is 0 Å². The Morgan fingerprint density at radius 3 is 2.75 bits per heavy atom. The summed E-state index contributed by atoms with van der Waals surface area (Å²) in [5.74, 6) is 0.684. The molecule has 92 valence electrons. The Balaban J connectivity index is 1.78. The summed E-state index contributed by atoms with van der Waals surface area (Å²) in [6, 6.07) is 0.0393. The highest BCUT2D eigenvalue weighted by atomic mass is 16.2. The molecule has 2 unspecified atom stereocenters. The van der Waals surface area contributed by atoms with Crippen molar-refractivity contribution in [2.24, 2.45) is 11.3 Å². The number of carbonyl (C=O) groups is 1. The van der Waals surface area contributed by atoms with E-state index in [0.29, 0.717) is 11.3 Å². The summed E-state index contributed by atoms with van der Waals surface area (Å²) in [5.41, 5.74) is 0.383. The molecule has 2 fully saturated rings. The average Bonchev–Trinajstić information content (AvgIpc) is 2.24. The average molecular weight is 224 g/mol. The zero-order valence-corrected chi connectivity index (χ0v) is 10.5. The number of piperidine rings is 1. The maximum Gasteiger partial charge on any atom is 0.237 e. The van der Waals surface area contributed by atoms with E-state index in [1.165, 1.54) is 32.1 Å². The molecule has 0 bridgehead atoms. The highest BCUT2D eigenvalue weighted by molar-refractivity contribution is 5.82. The molecular weight excluding hydrogens is 200 g/mol. The molecule has 2 rings (SSSR count). The molecule has 3 nitrogen and oxygen atoms in total. The van der Waals surface area contributed by atoms with Crippen LogP contribution in [0.1, 0.15) is 46.0 Å². The van der Waals surface area contributed by atoms with E-state index in [0.717, 1.165) is 13.1 Å². The van der Waals surface area contributed by atoms with Crippen molar-refractivity contribution in [3.05, 3.63) is 0 Å². The summed E-state index contributed by atoms with van der Waals surface area (Å²) in [6.07, 6.45) is 6.22. The first-order valence-corrected chi connectivity index (χ1v) is 6.62. The van der Waals surface area contributed by atoms with Gasteiger partial charge in [0.2, 0.25) is 5.91 Å². The van der Waals surface area contributed by atoms with E-state index in [1.54, 1.807) is 0 Å². The minimum atomic E-state index is 0.0393. The number of nitrogens with one attached hydrogen (secondary N) is 2. The van der Waals surface area contributed by atoms with Gasteiger partial charge in [0.15, 0.2) is 0 Å². The second-order valence-electron chi connectivity index (χ2n) is 5.93. The molecule has 16 heavy (non-hydrogen) atoms. The van der Waals surface area contributed by atoms with Crippen LogP contribution in [-0.2, 0) is 4.79 Å². The van der Waals surface area contributed by atoms with Crippen LogP contribution in [0.4, 0.5) is 0 Å². The van der Waals surface area contributed by atoms with E-state index in [4.69, 9.17) is 0 Å². The van der Waals surface area contributed by atoms with Gasteiger partial charge in [0.1, 0.15) is 0 Å². The fraction of sp³-hybridized carbons (Fsp3) is 0.923. The highest BCUT2D eigenvalue weighted by Crippen LogP contribution is 2.39. The Labute approximate surface area is 98.4 Å². The number of hydrogen-bond donors (Lipinski definition) is 2. The van der Waals surface area contributed by atoms with Crippen molar-refractivity contribution >= 4 is 5.91 Å². The number of hydrogen-bond acceptors (Lipinski definition) is 2. The van der Waals surface area contributed by atoms with E-state index in [-0.39, 0.29) is 11.9 Å². The standard InChI is InChI=1S/C13H24N2O/c1-10-5-3-8-14-11(10)12(16)15-9-13(2)6-4-7-13/h10-11,14H,3-9H2,1-2H3,(H,15,16). The molecule has 2 N–H and O–H groups in total. The molecular formula is C13H24N2O. The van der Waals surface area contributed by atoms with Gasteiger partial charge in [0.25, 0.3) is 0 Å². The predicted molar refractivity (Wildman–Crippen MR) is 65.2 cm³/mol. The molecule has 2 aliphatic rings.